The molecule has 0 spiro atoms. The maximum atomic E-state index is 11.7. The Morgan fingerprint density at radius 2 is 1.86 bits per heavy atom. The summed E-state index contributed by atoms with van der Waals surface area (Å²) in [7, 11) is 0. The average Bonchev–Trinajstić information content (AvgIpc) is 1.78. The van der Waals surface area contributed by atoms with Gasteiger partial charge in [0, 0.05) is 18.5 Å². The molecule has 1 amide bonds. The Labute approximate surface area is 80.8 Å². The predicted molar refractivity (Wildman–Crippen MR) is 46.6 cm³/mol. The number of carbonyl (C=O) groups is 1. The van der Waals surface area contributed by atoms with E-state index in [0.717, 1.165) is 0 Å². The van der Waals surface area contributed by atoms with Gasteiger partial charge in [-0.25, -0.2) is 0 Å². The molecule has 0 heterocycles. The fourth-order valence-corrected chi connectivity index (χ4v) is 0.820. The van der Waals surface area contributed by atoms with E-state index in [-0.39, 0.29) is 6.42 Å². The Hall–Kier alpha value is -0.780. The molecule has 0 radical (unpaired) electrons. The van der Waals surface area contributed by atoms with Crippen LogP contribution in [-0.2, 0) is 4.79 Å². The van der Waals surface area contributed by atoms with Crippen molar-refractivity contribution in [2.24, 2.45) is 5.73 Å². The molecule has 0 atom stereocenters. The molecule has 0 aliphatic heterocycles. The summed E-state index contributed by atoms with van der Waals surface area (Å²) in [6.07, 6.45) is -5.22. The van der Waals surface area contributed by atoms with Gasteiger partial charge in [0.05, 0.1) is 6.42 Å². The highest BCUT2D eigenvalue weighted by atomic mass is 19.4. The van der Waals surface area contributed by atoms with Crippen LogP contribution in [0.25, 0.3) is 0 Å². The maximum absolute atomic E-state index is 11.7. The minimum absolute atomic E-state index is 0.0187. The van der Waals surface area contributed by atoms with E-state index in [1.54, 1.807) is 13.8 Å². The van der Waals surface area contributed by atoms with Crippen molar-refractivity contribution in [1.29, 1.82) is 0 Å². The molecule has 0 aromatic rings. The van der Waals surface area contributed by atoms with Crippen molar-refractivity contribution >= 4 is 5.91 Å². The van der Waals surface area contributed by atoms with Gasteiger partial charge in [-0.3, -0.25) is 4.79 Å². The zero-order chi connectivity index (χ0) is 11.4. The molecule has 0 aromatic carbocycles. The van der Waals surface area contributed by atoms with Gasteiger partial charge in [0.1, 0.15) is 0 Å². The molecule has 0 bridgehead atoms. The van der Waals surface area contributed by atoms with Gasteiger partial charge in [-0.05, 0) is 13.8 Å². The van der Waals surface area contributed by atoms with Crippen molar-refractivity contribution in [1.82, 2.24) is 5.32 Å². The smallest absolute Gasteiger partial charge is 0.356 e. The van der Waals surface area contributed by atoms with Crippen molar-refractivity contribution in [2.75, 3.05) is 6.54 Å². The predicted octanol–water partition coefficient (Wildman–Crippen LogP) is 1.18. The highest BCUT2D eigenvalue weighted by Gasteiger charge is 2.26. The van der Waals surface area contributed by atoms with Crippen molar-refractivity contribution in [3.05, 3.63) is 0 Å². The van der Waals surface area contributed by atoms with Gasteiger partial charge in [-0.15, -0.1) is 0 Å². The van der Waals surface area contributed by atoms with E-state index in [9.17, 15) is 18.0 Å². The zero-order valence-electron chi connectivity index (χ0n) is 8.24. The second kappa shape index (κ2) is 4.63. The number of hydrogen-bond acceptors (Lipinski definition) is 2. The summed E-state index contributed by atoms with van der Waals surface area (Å²) < 4.78 is 35.0. The molecule has 84 valence electrons. The number of hydrogen-bond donors (Lipinski definition) is 2. The molecule has 0 aromatic heterocycles. The molecule has 14 heavy (non-hydrogen) atoms. The Balaban J connectivity index is 3.66. The zero-order valence-corrected chi connectivity index (χ0v) is 8.24. The fraction of sp³-hybridized carbons (Fsp3) is 0.875. The molecule has 3 nitrogen and oxygen atoms in total. The highest BCUT2D eigenvalue weighted by Crippen LogP contribution is 2.18. The third kappa shape index (κ3) is 9.31. The molecule has 6 heteroatoms. The van der Waals surface area contributed by atoms with E-state index in [1.165, 1.54) is 0 Å². The van der Waals surface area contributed by atoms with Crippen molar-refractivity contribution in [3.8, 4) is 0 Å². The molecule has 0 saturated heterocycles. The number of carbonyl (C=O) groups excluding carboxylic acids is 1. The third-order valence-electron chi connectivity index (χ3n) is 1.35. The molecular weight excluding hydrogens is 197 g/mol. The van der Waals surface area contributed by atoms with Crippen molar-refractivity contribution < 1.29 is 18.0 Å². The lowest BCUT2D eigenvalue weighted by Gasteiger charge is -2.17. The summed E-state index contributed by atoms with van der Waals surface area (Å²) in [5.74, 6) is -0.457. The summed E-state index contributed by atoms with van der Waals surface area (Å²) in [6.45, 7) is 2.88. The monoisotopic (exact) mass is 212 g/mol. The summed E-state index contributed by atoms with van der Waals surface area (Å²) in [6, 6.07) is 0. The quantitative estimate of drug-likeness (QED) is 0.735. The van der Waals surface area contributed by atoms with E-state index in [0.29, 0.717) is 0 Å². The molecule has 0 aliphatic carbocycles. The van der Waals surface area contributed by atoms with Crippen LogP contribution in [0, 0.1) is 0 Å². The summed E-state index contributed by atoms with van der Waals surface area (Å²) in [5, 5.41) is 2.16. The van der Waals surface area contributed by atoms with Crippen LogP contribution in [0.1, 0.15) is 26.7 Å². The van der Waals surface area contributed by atoms with E-state index in [1.807, 2.05) is 0 Å². The molecule has 0 unspecified atom stereocenters. The topological polar surface area (TPSA) is 55.1 Å². The summed E-state index contributed by atoms with van der Waals surface area (Å²) in [5.41, 5.74) is 4.82. The fourth-order valence-electron chi connectivity index (χ4n) is 0.820. The Kier molecular flexibility index (Phi) is 4.38. The van der Waals surface area contributed by atoms with Gasteiger partial charge in [-0.1, -0.05) is 0 Å². The number of nitrogens with one attached hydrogen (secondary N) is 1. The second-order valence-electron chi connectivity index (χ2n) is 3.88. The van der Waals surface area contributed by atoms with Crippen LogP contribution in [0.3, 0.4) is 0 Å². The van der Waals surface area contributed by atoms with E-state index in [2.05, 4.69) is 5.32 Å². The minimum Gasteiger partial charge on any atom is -0.356 e. The molecule has 0 saturated carbocycles. The lowest BCUT2D eigenvalue weighted by Crippen LogP contribution is -2.39. The van der Waals surface area contributed by atoms with Gasteiger partial charge >= 0.3 is 6.18 Å². The van der Waals surface area contributed by atoms with Gasteiger partial charge in [0.15, 0.2) is 0 Å². The summed E-state index contributed by atoms with van der Waals surface area (Å²) in [4.78, 5) is 11.0. The van der Waals surface area contributed by atoms with Crippen LogP contribution in [0.5, 0.6) is 0 Å². The second-order valence-corrected chi connectivity index (χ2v) is 3.88. The first-order valence-electron chi connectivity index (χ1n) is 4.22. The molecule has 0 rings (SSSR count). The third-order valence-corrected chi connectivity index (χ3v) is 1.35. The lowest BCUT2D eigenvalue weighted by atomic mass is 10.0. The van der Waals surface area contributed by atoms with Gasteiger partial charge in [0.25, 0.3) is 0 Å². The van der Waals surface area contributed by atoms with Gasteiger partial charge in [-0.2, -0.15) is 13.2 Å². The number of alkyl halides is 3. The Bertz CT molecular complexity index is 196. The van der Waals surface area contributed by atoms with Crippen LogP contribution in [0.15, 0.2) is 0 Å². The molecule has 0 aliphatic rings. The standard InChI is InChI=1S/C8H15F3N2O/c1-7(2,12)5-6(14)13-4-3-8(9,10)11/h3-5,12H2,1-2H3,(H,13,14). The number of rotatable bonds is 4. The minimum atomic E-state index is -4.23. The number of amides is 1. The van der Waals surface area contributed by atoms with Gasteiger partial charge < -0.3 is 11.1 Å². The summed E-state index contributed by atoms with van der Waals surface area (Å²) >= 11 is 0. The highest BCUT2D eigenvalue weighted by molar-refractivity contribution is 5.76. The van der Waals surface area contributed by atoms with Crippen LogP contribution >= 0.6 is 0 Å². The molecule has 3 N–H and O–H groups in total. The van der Waals surface area contributed by atoms with Crippen LogP contribution in [0.2, 0.25) is 0 Å². The average molecular weight is 212 g/mol. The van der Waals surface area contributed by atoms with Crippen molar-refractivity contribution in [3.63, 3.8) is 0 Å². The van der Waals surface area contributed by atoms with E-state index in [4.69, 9.17) is 5.73 Å². The Morgan fingerprint density at radius 3 is 2.21 bits per heavy atom. The van der Waals surface area contributed by atoms with Gasteiger partial charge in [0.2, 0.25) is 5.91 Å². The number of halogens is 3. The van der Waals surface area contributed by atoms with Crippen LogP contribution in [-0.4, -0.2) is 24.2 Å². The first-order chi connectivity index (χ1) is 6.10. The molecule has 0 fully saturated rings. The van der Waals surface area contributed by atoms with E-state index < -0.39 is 30.6 Å². The van der Waals surface area contributed by atoms with Crippen LogP contribution in [0.4, 0.5) is 13.2 Å². The largest absolute Gasteiger partial charge is 0.390 e. The normalized spacial score (nSPS) is 12.7. The SMILES string of the molecule is CC(C)(N)CC(=O)NCCC(F)(F)F. The van der Waals surface area contributed by atoms with Crippen LogP contribution < -0.4 is 11.1 Å². The first-order valence-corrected chi connectivity index (χ1v) is 4.22. The van der Waals surface area contributed by atoms with Crippen molar-refractivity contribution in [2.45, 2.75) is 38.4 Å². The maximum Gasteiger partial charge on any atom is 0.390 e. The Morgan fingerprint density at radius 1 is 1.36 bits per heavy atom. The van der Waals surface area contributed by atoms with E-state index >= 15 is 0 Å². The number of nitrogens with two attached hydrogens (primary N) is 1. The lowest BCUT2D eigenvalue weighted by molar-refractivity contribution is -0.135. The molecular formula is C8H15F3N2O. The first kappa shape index (κ1) is 13.2.